The number of carbonyl (C=O) groups is 2. The molecule has 226 valence electrons. The van der Waals surface area contributed by atoms with Crippen LogP contribution in [0, 0.1) is 0 Å². The lowest BCUT2D eigenvalue weighted by molar-refractivity contribution is -0.153. The second-order valence-corrected chi connectivity index (χ2v) is 10.5. The zero-order valence-corrected chi connectivity index (χ0v) is 24.5. The first-order valence-corrected chi connectivity index (χ1v) is 15.4. The molecule has 0 aliphatic rings. The van der Waals surface area contributed by atoms with Crippen LogP contribution in [0.5, 0.6) is 0 Å². The molecule has 0 bridgehead atoms. The Labute approximate surface area is 233 Å². The molecule has 0 aromatic rings. The number of ether oxygens (including phenoxy) is 2. The van der Waals surface area contributed by atoms with Crippen molar-refractivity contribution in [3.05, 3.63) is 36.5 Å². The molecular formula is C28H49O10P. The number of rotatable bonds is 25. The molecule has 39 heavy (non-hydrogen) atoms. The van der Waals surface area contributed by atoms with Crippen LogP contribution in [-0.2, 0) is 32.7 Å². The molecule has 0 aliphatic heterocycles. The number of unbranched alkanes of at least 4 members (excludes halogenated alkanes) is 5. The van der Waals surface area contributed by atoms with Crippen LogP contribution in [0.15, 0.2) is 36.5 Å². The third-order valence-electron chi connectivity index (χ3n) is 5.37. The first-order chi connectivity index (χ1) is 18.8. The third-order valence-corrected chi connectivity index (χ3v) is 6.32. The van der Waals surface area contributed by atoms with Crippen LogP contribution in [0.4, 0.5) is 0 Å². The molecule has 10 nitrogen and oxygen atoms in total. The van der Waals surface area contributed by atoms with E-state index in [4.69, 9.17) is 18.5 Å². The van der Waals surface area contributed by atoms with Gasteiger partial charge in [-0.15, -0.1) is 0 Å². The van der Waals surface area contributed by atoms with Crippen molar-refractivity contribution in [2.45, 2.75) is 103 Å². The van der Waals surface area contributed by atoms with Crippen LogP contribution >= 0.6 is 7.82 Å². The van der Waals surface area contributed by atoms with Crippen molar-refractivity contribution in [2.24, 2.45) is 0 Å². The Morgan fingerprint density at radius 3 is 1.69 bits per heavy atom. The minimum atomic E-state index is -4.61. The van der Waals surface area contributed by atoms with Gasteiger partial charge < -0.3 is 24.6 Å². The lowest BCUT2D eigenvalue weighted by atomic mass is 10.1. The van der Waals surface area contributed by atoms with E-state index in [1.54, 1.807) is 0 Å². The Morgan fingerprint density at radius 2 is 1.21 bits per heavy atom. The summed E-state index contributed by atoms with van der Waals surface area (Å²) in [5.74, 6) is -1.08. The van der Waals surface area contributed by atoms with Crippen molar-refractivity contribution in [1.82, 2.24) is 0 Å². The molecule has 0 radical (unpaired) electrons. The number of phosphoric acid groups is 1. The third kappa shape index (κ3) is 23.8. The van der Waals surface area contributed by atoms with E-state index >= 15 is 0 Å². The fourth-order valence-electron chi connectivity index (χ4n) is 3.18. The smallest absolute Gasteiger partial charge is 0.457 e. The van der Waals surface area contributed by atoms with Gasteiger partial charge in [0.1, 0.15) is 12.2 Å². The first-order valence-electron chi connectivity index (χ1n) is 13.9. The summed E-state index contributed by atoms with van der Waals surface area (Å²) in [5, 5.41) is 18.7. The van der Waals surface area contributed by atoms with E-state index in [2.05, 4.69) is 43.4 Å². The molecule has 0 spiro atoms. The molecule has 0 fully saturated rings. The van der Waals surface area contributed by atoms with E-state index in [-0.39, 0.29) is 12.8 Å². The van der Waals surface area contributed by atoms with E-state index in [1.165, 1.54) is 0 Å². The summed E-state index contributed by atoms with van der Waals surface area (Å²) in [6.07, 6.45) is 19.5. The number of phosphoric ester groups is 1. The maximum atomic E-state index is 12.1. The number of aliphatic hydroxyl groups excluding tert-OH is 2. The predicted molar refractivity (Wildman–Crippen MR) is 150 cm³/mol. The summed E-state index contributed by atoms with van der Waals surface area (Å²) in [5.41, 5.74) is 0. The van der Waals surface area contributed by atoms with E-state index < -0.39 is 58.4 Å². The average Bonchev–Trinajstić information content (AvgIpc) is 2.91. The fourth-order valence-corrected chi connectivity index (χ4v) is 3.97. The number of esters is 2. The summed E-state index contributed by atoms with van der Waals surface area (Å²) in [6, 6.07) is 0. The molecule has 0 aromatic heterocycles. The molecule has 3 atom stereocenters. The zero-order chi connectivity index (χ0) is 29.2. The molecule has 0 saturated heterocycles. The van der Waals surface area contributed by atoms with Gasteiger partial charge in [0.25, 0.3) is 0 Å². The molecule has 0 saturated carbocycles. The van der Waals surface area contributed by atoms with E-state index in [1.807, 2.05) is 6.92 Å². The largest absolute Gasteiger partial charge is 0.472 e. The molecule has 0 heterocycles. The summed E-state index contributed by atoms with van der Waals surface area (Å²) in [7, 11) is -4.61. The van der Waals surface area contributed by atoms with Crippen molar-refractivity contribution in [2.75, 3.05) is 26.4 Å². The molecule has 0 amide bonds. The number of aliphatic hydroxyl groups is 2. The lowest BCUT2D eigenvalue weighted by Gasteiger charge is -2.20. The highest BCUT2D eigenvalue weighted by Gasteiger charge is 2.27. The van der Waals surface area contributed by atoms with Gasteiger partial charge in [-0.1, -0.05) is 69.6 Å². The summed E-state index contributed by atoms with van der Waals surface area (Å²) in [6.45, 7) is 1.78. The summed E-state index contributed by atoms with van der Waals surface area (Å²) < 4.78 is 31.8. The van der Waals surface area contributed by atoms with Gasteiger partial charge in [-0.3, -0.25) is 18.6 Å². The van der Waals surface area contributed by atoms with Crippen LogP contribution < -0.4 is 0 Å². The van der Waals surface area contributed by atoms with E-state index in [0.29, 0.717) is 12.8 Å². The minimum absolute atomic E-state index is 0.156. The molecule has 3 unspecified atom stereocenters. The Hall–Kier alpha value is -1.81. The van der Waals surface area contributed by atoms with Crippen molar-refractivity contribution < 1.29 is 47.8 Å². The number of allylic oxidation sites excluding steroid dienone is 6. The summed E-state index contributed by atoms with van der Waals surface area (Å²) >= 11 is 0. The Bertz CT molecular complexity index is 765. The Balaban J connectivity index is 4.12. The van der Waals surface area contributed by atoms with Gasteiger partial charge in [0, 0.05) is 12.8 Å². The van der Waals surface area contributed by atoms with Gasteiger partial charge in [-0.2, -0.15) is 0 Å². The van der Waals surface area contributed by atoms with Crippen LogP contribution in [0.1, 0.15) is 90.9 Å². The normalized spacial score (nSPS) is 15.1. The van der Waals surface area contributed by atoms with Gasteiger partial charge in [0.05, 0.1) is 26.4 Å². The molecule has 3 N–H and O–H groups in total. The Kier molecular flexibility index (Phi) is 24.0. The molecule has 0 rings (SSSR count). The van der Waals surface area contributed by atoms with Gasteiger partial charge in [0.2, 0.25) is 0 Å². The maximum Gasteiger partial charge on any atom is 0.472 e. The van der Waals surface area contributed by atoms with Crippen molar-refractivity contribution in [3.8, 4) is 0 Å². The minimum Gasteiger partial charge on any atom is -0.457 e. The SMILES string of the molecule is CC/C=C\C/C=C\C/C=C\CCCCCC(=O)OC(CO)COP(=O)(O)OCC(CO)OC(=O)CCCCC. The van der Waals surface area contributed by atoms with Gasteiger partial charge in [-0.25, -0.2) is 4.57 Å². The second-order valence-electron chi connectivity index (χ2n) is 9.00. The monoisotopic (exact) mass is 576 g/mol. The quantitative estimate of drug-likeness (QED) is 0.0564. The maximum absolute atomic E-state index is 12.1. The van der Waals surface area contributed by atoms with Crippen LogP contribution in [0.3, 0.4) is 0 Å². The van der Waals surface area contributed by atoms with Crippen LogP contribution in [0.2, 0.25) is 0 Å². The van der Waals surface area contributed by atoms with Crippen molar-refractivity contribution in [1.29, 1.82) is 0 Å². The van der Waals surface area contributed by atoms with Crippen LogP contribution in [-0.4, -0.2) is 65.7 Å². The number of carbonyl (C=O) groups excluding carboxylic acids is 2. The van der Waals surface area contributed by atoms with Gasteiger partial charge in [-0.05, 0) is 44.9 Å². The molecule has 0 aliphatic carbocycles. The second kappa shape index (κ2) is 25.2. The van der Waals surface area contributed by atoms with E-state index in [9.17, 15) is 29.3 Å². The van der Waals surface area contributed by atoms with Gasteiger partial charge in [0.15, 0.2) is 0 Å². The highest BCUT2D eigenvalue weighted by molar-refractivity contribution is 7.47. The van der Waals surface area contributed by atoms with Crippen molar-refractivity contribution in [3.63, 3.8) is 0 Å². The van der Waals surface area contributed by atoms with Gasteiger partial charge >= 0.3 is 19.8 Å². The molecule has 0 aromatic carbocycles. The van der Waals surface area contributed by atoms with E-state index in [0.717, 1.165) is 51.4 Å². The molecular weight excluding hydrogens is 527 g/mol. The first kappa shape index (κ1) is 37.2. The zero-order valence-electron chi connectivity index (χ0n) is 23.6. The van der Waals surface area contributed by atoms with Crippen molar-refractivity contribution >= 4 is 19.8 Å². The van der Waals surface area contributed by atoms with Crippen LogP contribution in [0.25, 0.3) is 0 Å². The lowest BCUT2D eigenvalue weighted by Crippen LogP contribution is -2.28. The number of hydrogen-bond acceptors (Lipinski definition) is 9. The predicted octanol–water partition coefficient (Wildman–Crippen LogP) is 5.32. The highest BCUT2D eigenvalue weighted by atomic mass is 31.2. The highest BCUT2D eigenvalue weighted by Crippen LogP contribution is 2.43. The standard InChI is InChI=1S/C28H49O10P/c1-3-5-7-8-9-10-11-12-13-14-15-16-18-20-28(32)38-26(22-30)24-36-39(33,34)35-23-25(21-29)37-27(31)19-17-6-4-2/h5,7,9-10,12-13,25-26,29-30H,3-4,6,8,11,14-24H2,1-2H3,(H,33,34)/b7-5-,10-9-,13-12-. The number of hydrogen-bond donors (Lipinski definition) is 3. The fraction of sp³-hybridized carbons (Fsp3) is 0.714. The topological polar surface area (TPSA) is 149 Å². The average molecular weight is 577 g/mol. The summed E-state index contributed by atoms with van der Waals surface area (Å²) in [4.78, 5) is 33.6. The Morgan fingerprint density at radius 1 is 0.718 bits per heavy atom. The molecule has 11 heteroatoms.